The summed E-state index contributed by atoms with van der Waals surface area (Å²) in [6.07, 6.45) is 1.48. The summed E-state index contributed by atoms with van der Waals surface area (Å²) in [4.78, 5) is 12.3. The molecular weight excluding hydrogens is 285 g/mol. The van der Waals surface area contributed by atoms with Crippen molar-refractivity contribution in [3.8, 4) is 0 Å². The van der Waals surface area contributed by atoms with E-state index in [1.54, 1.807) is 12.1 Å². The molecule has 0 aliphatic carbocycles. The molecule has 104 valence electrons. The highest BCUT2D eigenvalue weighted by Gasteiger charge is 2.33. The van der Waals surface area contributed by atoms with E-state index in [0.717, 1.165) is 18.4 Å². The molecule has 0 bridgehead atoms. The summed E-state index contributed by atoms with van der Waals surface area (Å²) >= 11 is 12.1. The van der Waals surface area contributed by atoms with Crippen molar-refractivity contribution in [3.63, 3.8) is 0 Å². The smallest absolute Gasteiger partial charge is 0.251 e. The molecule has 19 heavy (non-hydrogen) atoms. The van der Waals surface area contributed by atoms with Gasteiger partial charge in [-0.1, -0.05) is 17.7 Å². The third-order valence-electron chi connectivity index (χ3n) is 3.52. The van der Waals surface area contributed by atoms with Gasteiger partial charge in [0.05, 0.1) is 5.54 Å². The standard InChI is InChI=1S/C14H17Cl2NO2/c1-10-2-3-11(8-12(10)16)13(18)17-14(9-15)4-6-19-7-5-14/h2-3,8H,4-7,9H2,1H3,(H,17,18). The van der Waals surface area contributed by atoms with Crippen LogP contribution in [0.2, 0.25) is 5.02 Å². The molecule has 1 amide bonds. The van der Waals surface area contributed by atoms with Gasteiger partial charge in [-0.05, 0) is 37.5 Å². The fourth-order valence-electron chi connectivity index (χ4n) is 2.10. The van der Waals surface area contributed by atoms with Crippen LogP contribution in [0, 0.1) is 6.92 Å². The Hall–Kier alpha value is -0.770. The molecule has 0 atom stereocenters. The molecule has 2 rings (SSSR count). The van der Waals surface area contributed by atoms with Gasteiger partial charge < -0.3 is 10.1 Å². The number of nitrogens with one attached hydrogen (secondary N) is 1. The Balaban J connectivity index is 2.12. The zero-order valence-electron chi connectivity index (χ0n) is 10.8. The molecule has 0 unspecified atom stereocenters. The fourth-order valence-corrected chi connectivity index (χ4v) is 2.62. The van der Waals surface area contributed by atoms with Crippen LogP contribution in [0.3, 0.4) is 0 Å². The third-order valence-corrected chi connectivity index (χ3v) is 4.44. The highest BCUT2D eigenvalue weighted by molar-refractivity contribution is 6.31. The predicted molar refractivity (Wildman–Crippen MR) is 77.2 cm³/mol. The Kier molecular flexibility index (Phi) is 4.71. The number of benzene rings is 1. The van der Waals surface area contributed by atoms with Gasteiger partial charge in [0.2, 0.25) is 0 Å². The van der Waals surface area contributed by atoms with E-state index in [-0.39, 0.29) is 11.4 Å². The van der Waals surface area contributed by atoms with Gasteiger partial charge >= 0.3 is 0 Å². The Morgan fingerprint density at radius 1 is 1.42 bits per heavy atom. The monoisotopic (exact) mass is 301 g/mol. The number of hydrogen-bond acceptors (Lipinski definition) is 2. The summed E-state index contributed by atoms with van der Waals surface area (Å²) in [7, 11) is 0. The molecule has 1 N–H and O–H groups in total. The largest absolute Gasteiger partial charge is 0.381 e. The Morgan fingerprint density at radius 2 is 2.11 bits per heavy atom. The van der Waals surface area contributed by atoms with Crippen molar-refractivity contribution in [1.29, 1.82) is 0 Å². The van der Waals surface area contributed by atoms with Crippen LogP contribution in [0.15, 0.2) is 18.2 Å². The first-order valence-corrected chi connectivity index (χ1v) is 7.20. The maximum absolute atomic E-state index is 12.3. The molecule has 5 heteroatoms. The van der Waals surface area contributed by atoms with E-state index >= 15 is 0 Å². The summed E-state index contributed by atoms with van der Waals surface area (Å²) in [6.45, 7) is 3.16. The van der Waals surface area contributed by atoms with Crippen LogP contribution in [0.1, 0.15) is 28.8 Å². The lowest BCUT2D eigenvalue weighted by atomic mass is 9.91. The maximum Gasteiger partial charge on any atom is 0.251 e. The van der Waals surface area contributed by atoms with Crippen molar-refractivity contribution in [2.24, 2.45) is 0 Å². The van der Waals surface area contributed by atoms with Crippen molar-refractivity contribution >= 4 is 29.1 Å². The molecule has 0 spiro atoms. The lowest BCUT2D eigenvalue weighted by Crippen LogP contribution is -2.53. The molecular formula is C14H17Cl2NO2. The number of ether oxygens (including phenoxy) is 1. The number of carbonyl (C=O) groups is 1. The number of rotatable bonds is 3. The number of hydrogen-bond donors (Lipinski definition) is 1. The van der Waals surface area contributed by atoms with E-state index in [4.69, 9.17) is 27.9 Å². The van der Waals surface area contributed by atoms with Gasteiger partial charge in [-0.2, -0.15) is 0 Å². The van der Waals surface area contributed by atoms with Gasteiger partial charge in [-0.3, -0.25) is 4.79 Å². The first-order valence-electron chi connectivity index (χ1n) is 6.29. The average Bonchev–Trinajstić information content (AvgIpc) is 2.43. The summed E-state index contributed by atoms with van der Waals surface area (Å²) in [6, 6.07) is 5.31. The second-order valence-electron chi connectivity index (χ2n) is 4.94. The first kappa shape index (κ1) is 14.6. The van der Waals surface area contributed by atoms with E-state index in [0.29, 0.717) is 29.7 Å². The molecule has 1 saturated heterocycles. The Morgan fingerprint density at radius 3 is 2.68 bits per heavy atom. The Bertz CT molecular complexity index is 471. The van der Waals surface area contributed by atoms with Crippen molar-refractivity contribution in [3.05, 3.63) is 34.3 Å². The minimum absolute atomic E-state index is 0.135. The second-order valence-corrected chi connectivity index (χ2v) is 5.62. The van der Waals surface area contributed by atoms with Crippen molar-refractivity contribution in [1.82, 2.24) is 5.32 Å². The van der Waals surface area contributed by atoms with Crippen molar-refractivity contribution in [2.45, 2.75) is 25.3 Å². The lowest BCUT2D eigenvalue weighted by molar-refractivity contribution is 0.0434. The maximum atomic E-state index is 12.3. The third kappa shape index (κ3) is 3.41. The summed E-state index contributed by atoms with van der Waals surface area (Å²) in [5, 5.41) is 3.63. The van der Waals surface area contributed by atoms with Gasteiger partial charge in [0.25, 0.3) is 5.91 Å². The van der Waals surface area contributed by atoms with Gasteiger partial charge in [0.1, 0.15) is 0 Å². The van der Waals surface area contributed by atoms with Crippen LogP contribution in [0.5, 0.6) is 0 Å². The van der Waals surface area contributed by atoms with Crippen LogP contribution in [-0.4, -0.2) is 30.5 Å². The number of aryl methyl sites for hydroxylation is 1. The van der Waals surface area contributed by atoms with Gasteiger partial charge in [0.15, 0.2) is 0 Å². The van der Waals surface area contributed by atoms with Crippen LogP contribution in [-0.2, 0) is 4.74 Å². The van der Waals surface area contributed by atoms with E-state index in [9.17, 15) is 4.79 Å². The zero-order valence-corrected chi connectivity index (χ0v) is 12.4. The predicted octanol–water partition coefficient (Wildman–Crippen LogP) is 3.17. The molecule has 1 aromatic carbocycles. The van der Waals surface area contributed by atoms with Crippen molar-refractivity contribution < 1.29 is 9.53 Å². The number of carbonyl (C=O) groups excluding carboxylic acids is 1. The minimum Gasteiger partial charge on any atom is -0.381 e. The molecule has 1 fully saturated rings. The SMILES string of the molecule is Cc1ccc(C(=O)NC2(CCl)CCOCC2)cc1Cl. The summed E-state index contributed by atoms with van der Waals surface area (Å²) in [5.41, 5.74) is 1.15. The van der Waals surface area contributed by atoms with E-state index in [1.165, 1.54) is 0 Å². The quantitative estimate of drug-likeness (QED) is 0.871. The molecule has 1 aromatic rings. The lowest BCUT2D eigenvalue weighted by Gasteiger charge is -2.36. The second kappa shape index (κ2) is 6.12. The molecule has 1 heterocycles. The molecule has 1 aliphatic rings. The average molecular weight is 302 g/mol. The van der Waals surface area contributed by atoms with Crippen LogP contribution in [0.25, 0.3) is 0 Å². The summed E-state index contributed by atoms with van der Waals surface area (Å²) < 4.78 is 5.32. The topological polar surface area (TPSA) is 38.3 Å². The zero-order chi connectivity index (χ0) is 13.9. The normalized spacial score (nSPS) is 18.1. The van der Waals surface area contributed by atoms with E-state index < -0.39 is 0 Å². The van der Waals surface area contributed by atoms with Crippen LogP contribution in [0.4, 0.5) is 0 Å². The molecule has 1 aliphatic heterocycles. The van der Waals surface area contributed by atoms with Gasteiger partial charge in [0, 0.05) is 29.7 Å². The van der Waals surface area contributed by atoms with Crippen LogP contribution < -0.4 is 5.32 Å². The molecule has 3 nitrogen and oxygen atoms in total. The molecule has 0 aromatic heterocycles. The molecule has 0 radical (unpaired) electrons. The first-order chi connectivity index (χ1) is 9.06. The van der Waals surface area contributed by atoms with Crippen LogP contribution >= 0.6 is 23.2 Å². The molecule has 0 saturated carbocycles. The van der Waals surface area contributed by atoms with E-state index in [2.05, 4.69) is 5.32 Å². The highest BCUT2D eigenvalue weighted by atomic mass is 35.5. The Labute approximate surface area is 123 Å². The highest BCUT2D eigenvalue weighted by Crippen LogP contribution is 2.23. The van der Waals surface area contributed by atoms with E-state index in [1.807, 2.05) is 13.0 Å². The summed E-state index contributed by atoms with van der Waals surface area (Å²) in [5.74, 6) is 0.256. The van der Waals surface area contributed by atoms with Gasteiger partial charge in [-0.25, -0.2) is 0 Å². The number of halogens is 2. The van der Waals surface area contributed by atoms with Crippen molar-refractivity contribution in [2.75, 3.05) is 19.1 Å². The number of alkyl halides is 1. The number of amides is 1. The minimum atomic E-state index is -0.367. The fraction of sp³-hybridized carbons (Fsp3) is 0.500. The van der Waals surface area contributed by atoms with Gasteiger partial charge in [-0.15, -0.1) is 11.6 Å².